The van der Waals surface area contributed by atoms with Crippen LogP contribution in [0.1, 0.15) is 31.9 Å². The molecule has 5 nitrogen and oxygen atoms in total. The van der Waals surface area contributed by atoms with Crippen LogP contribution in [0.4, 0.5) is 23.7 Å². The summed E-state index contributed by atoms with van der Waals surface area (Å²) in [5.74, 6) is -0.116. The summed E-state index contributed by atoms with van der Waals surface area (Å²) in [6, 6.07) is 3.60. The van der Waals surface area contributed by atoms with Gasteiger partial charge in [-0.3, -0.25) is 0 Å². The molecule has 126 valence electrons. The number of rotatable bonds is 4. The predicted molar refractivity (Wildman–Crippen MR) is 78.6 cm³/mol. The van der Waals surface area contributed by atoms with Crippen LogP contribution >= 0.6 is 0 Å². The van der Waals surface area contributed by atoms with E-state index in [1.54, 1.807) is 20.8 Å². The molecule has 0 spiro atoms. The van der Waals surface area contributed by atoms with E-state index in [2.05, 4.69) is 10.6 Å². The Hall–Kier alpha value is -2.27. The second kappa shape index (κ2) is 6.87. The molecule has 0 bridgehead atoms. The zero-order valence-corrected chi connectivity index (χ0v) is 13.0. The van der Waals surface area contributed by atoms with E-state index in [1.165, 1.54) is 12.1 Å². The summed E-state index contributed by atoms with van der Waals surface area (Å²) in [4.78, 5) is 11.7. The van der Waals surface area contributed by atoms with Crippen LogP contribution < -0.4 is 10.6 Å². The van der Waals surface area contributed by atoms with Crippen molar-refractivity contribution in [2.75, 3.05) is 11.9 Å². The Morgan fingerprint density at radius 3 is 2.48 bits per heavy atom. The van der Waals surface area contributed by atoms with Crippen LogP contribution in [0.2, 0.25) is 0 Å². The monoisotopic (exact) mass is 329 g/mol. The molecule has 2 amide bonds. The van der Waals surface area contributed by atoms with Gasteiger partial charge in [-0.25, -0.2) is 4.79 Å². The van der Waals surface area contributed by atoms with Gasteiger partial charge in [-0.2, -0.15) is 18.4 Å². The van der Waals surface area contributed by atoms with Crippen molar-refractivity contribution >= 4 is 11.7 Å². The first-order valence-corrected chi connectivity index (χ1v) is 6.86. The van der Waals surface area contributed by atoms with Gasteiger partial charge in [-0.15, -0.1) is 0 Å². The minimum absolute atomic E-state index is 0.0566. The molecule has 0 aromatic heterocycles. The minimum atomic E-state index is -4.69. The highest BCUT2D eigenvalue weighted by molar-refractivity contribution is 5.89. The Kier molecular flexibility index (Phi) is 5.61. The third-order valence-electron chi connectivity index (χ3n) is 3.55. The van der Waals surface area contributed by atoms with Gasteiger partial charge < -0.3 is 15.7 Å². The molecule has 1 atom stereocenters. The van der Waals surface area contributed by atoms with E-state index in [9.17, 15) is 23.1 Å². The fraction of sp³-hybridized carbons (Fsp3) is 0.467. The van der Waals surface area contributed by atoms with Crippen molar-refractivity contribution in [1.82, 2.24) is 5.32 Å². The van der Waals surface area contributed by atoms with Gasteiger partial charge in [-0.05, 0) is 31.0 Å². The third kappa shape index (κ3) is 5.14. The highest BCUT2D eigenvalue weighted by Gasteiger charge is 2.34. The SMILES string of the molecule is CC(C)C(C)(O)CNC(=O)Nc1ccc(C#N)c(C(F)(F)F)c1. The van der Waals surface area contributed by atoms with Gasteiger partial charge in [0.05, 0.1) is 22.8 Å². The van der Waals surface area contributed by atoms with Crippen molar-refractivity contribution in [2.45, 2.75) is 32.5 Å². The highest BCUT2D eigenvalue weighted by atomic mass is 19.4. The molecule has 3 N–H and O–H groups in total. The van der Waals surface area contributed by atoms with Crippen molar-refractivity contribution in [1.29, 1.82) is 5.26 Å². The van der Waals surface area contributed by atoms with Crippen molar-refractivity contribution in [3.05, 3.63) is 29.3 Å². The molecule has 8 heteroatoms. The number of aliphatic hydroxyl groups is 1. The summed E-state index contributed by atoms with van der Waals surface area (Å²) >= 11 is 0. The van der Waals surface area contributed by atoms with E-state index in [0.717, 1.165) is 6.07 Å². The summed E-state index contributed by atoms with van der Waals surface area (Å²) in [6.45, 7) is 5.03. The maximum Gasteiger partial charge on any atom is 0.417 e. The number of nitriles is 1. The molecule has 0 aliphatic carbocycles. The third-order valence-corrected chi connectivity index (χ3v) is 3.55. The first-order chi connectivity index (χ1) is 10.5. The molecule has 1 aromatic rings. The fourth-order valence-corrected chi connectivity index (χ4v) is 1.59. The van der Waals surface area contributed by atoms with Crippen molar-refractivity contribution in [2.24, 2.45) is 5.92 Å². The highest BCUT2D eigenvalue weighted by Crippen LogP contribution is 2.33. The van der Waals surface area contributed by atoms with Gasteiger partial charge in [0, 0.05) is 12.2 Å². The Labute approximate surface area is 132 Å². The average molecular weight is 329 g/mol. The number of halogens is 3. The number of anilines is 1. The number of nitrogens with one attached hydrogen (secondary N) is 2. The number of carbonyl (C=O) groups is 1. The van der Waals surface area contributed by atoms with E-state index in [-0.39, 0.29) is 18.2 Å². The predicted octanol–water partition coefficient (Wildman–Crippen LogP) is 3.11. The molecule has 0 heterocycles. The molecule has 1 aromatic carbocycles. The second-order valence-electron chi connectivity index (χ2n) is 5.69. The average Bonchev–Trinajstić information content (AvgIpc) is 2.44. The van der Waals surface area contributed by atoms with Crippen LogP contribution in [0.3, 0.4) is 0 Å². The van der Waals surface area contributed by atoms with Gasteiger partial charge in [0.1, 0.15) is 0 Å². The number of hydrogen-bond acceptors (Lipinski definition) is 3. The lowest BCUT2D eigenvalue weighted by Crippen LogP contribution is -2.45. The Bertz CT molecular complexity index is 619. The van der Waals surface area contributed by atoms with Gasteiger partial charge in [-0.1, -0.05) is 13.8 Å². The van der Waals surface area contributed by atoms with Crippen LogP contribution in [0, 0.1) is 17.2 Å². The molecule has 0 aliphatic heterocycles. The Morgan fingerprint density at radius 1 is 1.39 bits per heavy atom. The van der Waals surface area contributed by atoms with Gasteiger partial charge in [0.25, 0.3) is 0 Å². The van der Waals surface area contributed by atoms with Crippen LogP contribution in [0.5, 0.6) is 0 Å². The summed E-state index contributed by atoms with van der Waals surface area (Å²) in [5.41, 5.74) is -2.88. The van der Waals surface area contributed by atoms with Crippen molar-refractivity contribution < 1.29 is 23.1 Å². The zero-order valence-electron chi connectivity index (χ0n) is 13.0. The number of benzene rings is 1. The van der Waals surface area contributed by atoms with Gasteiger partial charge in [0.2, 0.25) is 0 Å². The second-order valence-corrected chi connectivity index (χ2v) is 5.69. The molecular weight excluding hydrogens is 311 g/mol. The lowest BCUT2D eigenvalue weighted by molar-refractivity contribution is -0.137. The fourth-order valence-electron chi connectivity index (χ4n) is 1.59. The van der Waals surface area contributed by atoms with Crippen LogP contribution in [-0.2, 0) is 6.18 Å². The lowest BCUT2D eigenvalue weighted by atomic mass is 9.93. The number of nitrogens with zero attached hydrogens (tertiary/aromatic N) is 1. The molecule has 0 fully saturated rings. The molecule has 0 saturated carbocycles. The largest absolute Gasteiger partial charge is 0.417 e. The number of amides is 2. The standard InChI is InChI=1S/C15H18F3N3O2/c1-9(2)14(3,23)8-20-13(22)21-11-5-4-10(7-19)12(6-11)15(16,17)18/h4-6,9,23H,8H2,1-3H3,(H2,20,21,22). The molecule has 0 saturated heterocycles. The quantitative estimate of drug-likeness (QED) is 0.793. The Balaban J connectivity index is 2.82. The van der Waals surface area contributed by atoms with E-state index < -0.39 is 28.9 Å². The first-order valence-electron chi connectivity index (χ1n) is 6.86. The summed E-state index contributed by atoms with van der Waals surface area (Å²) in [5, 5.41) is 23.3. The molecule has 23 heavy (non-hydrogen) atoms. The van der Waals surface area contributed by atoms with E-state index in [1.807, 2.05) is 0 Å². The van der Waals surface area contributed by atoms with E-state index in [0.29, 0.717) is 6.07 Å². The first kappa shape index (κ1) is 18.8. The van der Waals surface area contributed by atoms with Crippen LogP contribution in [-0.4, -0.2) is 23.3 Å². The topological polar surface area (TPSA) is 85.2 Å². The van der Waals surface area contributed by atoms with Gasteiger partial charge in [0.15, 0.2) is 0 Å². The van der Waals surface area contributed by atoms with Gasteiger partial charge >= 0.3 is 12.2 Å². The normalized spacial score (nSPS) is 14.0. The van der Waals surface area contributed by atoms with Crippen molar-refractivity contribution in [3.63, 3.8) is 0 Å². The molecule has 1 rings (SSSR count). The maximum atomic E-state index is 12.8. The number of alkyl halides is 3. The molecule has 1 unspecified atom stereocenters. The maximum absolute atomic E-state index is 12.8. The lowest BCUT2D eigenvalue weighted by Gasteiger charge is -2.27. The van der Waals surface area contributed by atoms with Crippen LogP contribution in [0.25, 0.3) is 0 Å². The summed E-state index contributed by atoms with van der Waals surface area (Å²) < 4.78 is 38.5. The number of urea groups is 1. The smallest absolute Gasteiger partial charge is 0.388 e. The molecule has 0 aliphatic rings. The van der Waals surface area contributed by atoms with E-state index in [4.69, 9.17) is 5.26 Å². The van der Waals surface area contributed by atoms with Crippen LogP contribution in [0.15, 0.2) is 18.2 Å². The number of carbonyl (C=O) groups excluding carboxylic acids is 1. The number of hydrogen-bond donors (Lipinski definition) is 3. The zero-order chi connectivity index (χ0) is 17.8. The molecule has 0 radical (unpaired) electrons. The summed E-state index contributed by atoms with van der Waals surface area (Å²) in [6.07, 6.45) is -4.69. The summed E-state index contributed by atoms with van der Waals surface area (Å²) in [7, 11) is 0. The van der Waals surface area contributed by atoms with E-state index >= 15 is 0 Å². The molecular formula is C15H18F3N3O2. The van der Waals surface area contributed by atoms with Crippen molar-refractivity contribution in [3.8, 4) is 6.07 Å². The Morgan fingerprint density at radius 2 is 2.00 bits per heavy atom. The minimum Gasteiger partial charge on any atom is -0.388 e.